The van der Waals surface area contributed by atoms with Crippen LogP contribution in [-0.4, -0.2) is 42.7 Å². The van der Waals surface area contributed by atoms with Crippen LogP contribution in [0.5, 0.6) is 0 Å². The van der Waals surface area contributed by atoms with Gasteiger partial charge in [0.15, 0.2) is 0 Å². The number of nitrogens with one attached hydrogen (secondary N) is 1. The van der Waals surface area contributed by atoms with E-state index in [2.05, 4.69) is 10.2 Å². The first kappa shape index (κ1) is 14.7. The Kier molecular flexibility index (Phi) is 4.92. The lowest BCUT2D eigenvalue weighted by Gasteiger charge is -2.24. The average molecular weight is 279 g/mol. The molecule has 1 atom stereocenters. The van der Waals surface area contributed by atoms with Gasteiger partial charge in [-0.3, -0.25) is 15.0 Å². The van der Waals surface area contributed by atoms with Gasteiger partial charge in [-0.25, -0.2) is 0 Å². The highest BCUT2D eigenvalue weighted by atomic mass is 16.6. The van der Waals surface area contributed by atoms with Gasteiger partial charge in [0.1, 0.15) is 5.69 Å². The van der Waals surface area contributed by atoms with E-state index in [1.54, 1.807) is 12.1 Å². The van der Waals surface area contributed by atoms with E-state index in [1.165, 1.54) is 0 Å². The van der Waals surface area contributed by atoms with Crippen molar-refractivity contribution in [2.75, 3.05) is 32.1 Å². The SMILES string of the molecule is CCNc1c(CN(C)C2CCOC2)cccc1[N+](=O)[O-]. The number of ether oxygens (including phenoxy) is 1. The first-order valence-corrected chi connectivity index (χ1v) is 6.91. The van der Waals surface area contributed by atoms with Crippen molar-refractivity contribution in [2.45, 2.75) is 25.9 Å². The van der Waals surface area contributed by atoms with E-state index in [-0.39, 0.29) is 10.6 Å². The Morgan fingerprint density at radius 3 is 2.95 bits per heavy atom. The van der Waals surface area contributed by atoms with Gasteiger partial charge in [-0.15, -0.1) is 0 Å². The molecule has 0 radical (unpaired) electrons. The zero-order valence-electron chi connectivity index (χ0n) is 12.0. The lowest BCUT2D eigenvalue weighted by atomic mass is 10.1. The summed E-state index contributed by atoms with van der Waals surface area (Å²) in [5.74, 6) is 0. The number of rotatable bonds is 6. The summed E-state index contributed by atoms with van der Waals surface area (Å²) in [5, 5.41) is 14.2. The lowest BCUT2D eigenvalue weighted by Crippen LogP contribution is -2.31. The van der Waals surface area contributed by atoms with Crippen molar-refractivity contribution in [3.05, 3.63) is 33.9 Å². The van der Waals surface area contributed by atoms with Crippen LogP contribution in [0, 0.1) is 10.1 Å². The van der Waals surface area contributed by atoms with E-state index in [1.807, 2.05) is 20.0 Å². The highest BCUT2D eigenvalue weighted by molar-refractivity contribution is 5.66. The molecule has 2 rings (SSSR count). The van der Waals surface area contributed by atoms with Gasteiger partial charge in [0.25, 0.3) is 5.69 Å². The Balaban J connectivity index is 2.21. The molecular formula is C14H21N3O3. The summed E-state index contributed by atoms with van der Waals surface area (Å²) in [6.45, 7) is 4.81. The third-order valence-electron chi connectivity index (χ3n) is 3.63. The van der Waals surface area contributed by atoms with E-state index in [0.717, 1.165) is 25.2 Å². The van der Waals surface area contributed by atoms with Gasteiger partial charge in [-0.05, 0) is 26.0 Å². The van der Waals surface area contributed by atoms with Crippen LogP contribution >= 0.6 is 0 Å². The Morgan fingerprint density at radius 1 is 1.55 bits per heavy atom. The zero-order valence-corrected chi connectivity index (χ0v) is 12.0. The quantitative estimate of drug-likeness (QED) is 0.639. The van der Waals surface area contributed by atoms with E-state index in [4.69, 9.17) is 4.74 Å². The number of nitro groups is 1. The normalized spacial score (nSPS) is 18.4. The molecule has 1 saturated heterocycles. The van der Waals surface area contributed by atoms with Crippen LogP contribution in [0.15, 0.2) is 18.2 Å². The molecule has 0 spiro atoms. The maximum absolute atomic E-state index is 11.1. The molecule has 0 amide bonds. The molecule has 20 heavy (non-hydrogen) atoms. The molecule has 1 unspecified atom stereocenters. The molecule has 1 N–H and O–H groups in total. The van der Waals surface area contributed by atoms with Crippen LogP contribution in [0.4, 0.5) is 11.4 Å². The van der Waals surface area contributed by atoms with Crippen LogP contribution in [0.3, 0.4) is 0 Å². The molecule has 0 saturated carbocycles. The number of anilines is 1. The highest BCUT2D eigenvalue weighted by Gasteiger charge is 2.23. The Morgan fingerprint density at radius 2 is 2.35 bits per heavy atom. The fourth-order valence-electron chi connectivity index (χ4n) is 2.52. The molecular weight excluding hydrogens is 258 g/mol. The maximum Gasteiger partial charge on any atom is 0.292 e. The standard InChI is InChI=1S/C14H21N3O3/c1-3-15-14-11(5-4-6-13(14)17(18)19)9-16(2)12-7-8-20-10-12/h4-6,12,15H,3,7-10H2,1-2H3. The predicted octanol–water partition coefficient (Wildman–Crippen LogP) is 2.25. The van der Waals surface area contributed by atoms with Crippen LogP contribution in [0.25, 0.3) is 0 Å². The van der Waals surface area contributed by atoms with E-state index in [0.29, 0.717) is 24.8 Å². The lowest BCUT2D eigenvalue weighted by molar-refractivity contribution is -0.384. The highest BCUT2D eigenvalue weighted by Crippen LogP contribution is 2.29. The monoisotopic (exact) mass is 279 g/mol. The number of benzene rings is 1. The van der Waals surface area contributed by atoms with Gasteiger partial charge in [0.2, 0.25) is 0 Å². The molecule has 6 nitrogen and oxygen atoms in total. The van der Waals surface area contributed by atoms with Crippen LogP contribution in [0.2, 0.25) is 0 Å². The molecule has 1 fully saturated rings. The van der Waals surface area contributed by atoms with Gasteiger partial charge in [-0.1, -0.05) is 12.1 Å². The van der Waals surface area contributed by atoms with Crippen molar-refractivity contribution < 1.29 is 9.66 Å². The summed E-state index contributed by atoms with van der Waals surface area (Å²) in [4.78, 5) is 13.0. The van der Waals surface area contributed by atoms with Gasteiger partial charge >= 0.3 is 0 Å². The second-order valence-electron chi connectivity index (χ2n) is 5.03. The van der Waals surface area contributed by atoms with Gasteiger partial charge in [0.05, 0.1) is 11.5 Å². The minimum Gasteiger partial charge on any atom is -0.380 e. The summed E-state index contributed by atoms with van der Waals surface area (Å²) in [6, 6.07) is 5.62. The number of nitro benzene ring substituents is 1. The van der Waals surface area contributed by atoms with Gasteiger partial charge < -0.3 is 10.1 Å². The van der Waals surface area contributed by atoms with E-state index < -0.39 is 0 Å². The zero-order chi connectivity index (χ0) is 14.5. The van der Waals surface area contributed by atoms with E-state index >= 15 is 0 Å². The number of para-hydroxylation sites is 1. The van der Waals surface area contributed by atoms with Crippen LogP contribution in [-0.2, 0) is 11.3 Å². The molecule has 0 aliphatic carbocycles. The van der Waals surface area contributed by atoms with Crippen molar-refractivity contribution in [2.24, 2.45) is 0 Å². The minimum absolute atomic E-state index is 0.139. The molecule has 1 heterocycles. The number of nitrogens with zero attached hydrogens (tertiary/aromatic N) is 2. The molecule has 1 aromatic carbocycles. The smallest absolute Gasteiger partial charge is 0.292 e. The Bertz CT molecular complexity index is 473. The van der Waals surface area contributed by atoms with Crippen molar-refractivity contribution >= 4 is 11.4 Å². The van der Waals surface area contributed by atoms with E-state index in [9.17, 15) is 10.1 Å². The number of hydrogen-bond acceptors (Lipinski definition) is 5. The minimum atomic E-state index is -0.333. The van der Waals surface area contributed by atoms with Crippen molar-refractivity contribution in [3.63, 3.8) is 0 Å². The second kappa shape index (κ2) is 6.67. The first-order valence-electron chi connectivity index (χ1n) is 6.91. The van der Waals surface area contributed by atoms with Gasteiger partial charge in [-0.2, -0.15) is 0 Å². The predicted molar refractivity (Wildman–Crippen MR) is 78.0 cm³/mol. The van der Waals surface area contributed by atoms with Crippen molar-refractivity contribution in [3.8, 4) is 0 Å². The Labute approximate surface area is 118 Å². The topological polar surface area (TPSA) is 67.6 Å². The molecule has 1 aliphatic rings. The molecule has 0 aromatic heterocycles. The molecule has 1 aliphatic heterocycles. The summed E-state index contributed by atoms with van der Waals surface area (Å²) in [5.41, 5.74) is 1.72. The molecule has 0 bridgehead atoms. The number of likely N-dealkylation sites (N-methyl/N-ethyl adjacent to an activating group) is 1. The number of hydrogen-bond donors (Lipinski definition) is 1. The third kappa shape index (κ3) is 3.26. The molecule has 110 valence electrons. The summed E-state index contributed by atoms with van der Waals surface area (Å²) < 4.78 is 5.39. The summed E-state index contributed by atoms with van der Waals surface area (Å²) in [7, 11) is 2.04. The summed E-state index contributed by atoms with van der Waals surface area (Å²) >= 11 is 0. The van der Waals surface area contributed by atoms with Crippen molar-refractivity contribution in [1.29, 1.82) is 0 Å². The van der Waals surface area contributed by atoms with Crippen LogP contribution in [0.1, 0.15) is 18.9 Å². The summed E-state index contributed by atoms with van der Waals surface area (Å²) in [6.07, 6.45) is 1.02. The second-order valence-corrected chi connectivity index (χ2v) is 5.03. The Hall–Kier alpha value is -1.66. The molecule has 1 aromatic rings. The largest absolute Gasteiger partial charge is 0.380 e. The fourth-order valence-corrected chi connectivity index (χ4v) is 2.52. The average Bonchev–Trinajstić information content (AvgIpc) is 2.94. The van der Waals surface area contributed by atoms with Crippen LogP contribution < -0.4 is 5.32 Å². The molecule has 6 heteroatoms. The fraction of sp³-hybridized carbons (Fsp3) is 0.571. The van der Waals surface area contributed by atoms with Crippen molar-refractivity contribution in [1.82, 2.24) is 4.90 Å². The maximum atomic E-state index is 11.1. The third-order valence-corrected chi connectivity index (χ3v) is 3.63. The van der Waals surface area contributed by atoms with Gasteiger partial charge in [0, 0.05) is 31.8 Å². The first-order chi connectivity index (χ1) is 9.63.